The van der Waals surface area contributed by atoms with Crippen LogP contribution in [0, 0.1) is 12.7 Å². The maximum Gasteiger partial charge on any atom is 0.305 e. The summed E-state index contributed by atoms with van der Waals surface area (Å²) in [7, 11) is 0. The maximum absolute atomic E-state index is 14.3. The third kappa shape index (κ3) is 5.48. The molecule has 1 heterocycles. The van der Waals surface area contributed by atoms with Crippen LogP contribution in [0.25, 0.3) is 5.69 Å². The number of carbonyl (C=O) groups excluding carboxylic acids is 1. The van der Waals surface area contributed by atoms with Crippen molar-refractivity contribution in [3.8, 4) is 11.6 Å². The third-order valence-corrected chi connectivity index (χ3v) is 4.77. The summed E-state index contributed by atoms with van der Waals surface area (Å²) in [5.41, 5.74) is 1.46. The predicted molar refractivity (Wildman–Crippen MR) is 113 cm³/mol. The smallest absolute Gasteiger partial charge is 0.305 e. The lowest BCUT2D eigenvalue weighted by atomic mass is 9.98. The zero-order chi connectivity index (χ0) is 23.1. The van der Waals surface area contributed by atoms with Crippen molar-refractivity contribution in [2.24, 2.45) is 0 Å². The van der Waals surface area contributed by atoms with E-state index in [2.05, 4.69) is 10.4 Å². The number of aryl methyl sites for hydroxylation is 1. The Kier molecular flexibility index (Phi) is 7.54. The molecule has 9 heteroatoms. The number of carboxylic acid groups (broad SMARTS) is 1. The quantitative estimate of drug-likeness (QED) is 0.462. The predicted octanol–water partition coefficient (Wildman–Crippen LogP) is 4.00. The van der Waals surface area contributed by atoms with Crippen molar-refractivity contribution in [3.63, 3.8) is 0 Å². The van der Waals surface area contributed by atoms with Gasteiger partial charge in [-0.1, -0.05) is 36.4 Å². The standard InChI is InChI=1S/C23H23F2N3O4/c1-15-7-2-3-8-16(15)18(14-22(29)30)26-23(31)19-13-21(32-12-6-11-24)28(27-19)20-10-5-4-9-17(20)25/h2-5,7-10,13,18H,6,11-12,14H2,1H3,(H,26,31)(H,29,30)/t18-/m0/s1. The Morgan fingerprint density at radius 3 is 2.59 bits per heavy atom. The van der Waals surface area contributed by atoms with Crippen LogP contribution in [0.5, 0.6) is 5.88 Å². The molecular formula is C23H23F2N3O4. The second-order valence-electron chi connectivity index (χ2n) is 7.10. The number of aromatic nitrogens is 2. The number of hydrogen-bond donors (Lipinski definition) is 2. The number of benzene rings is 2. The van der Waals surface area contributed by atoms with Gasteiger partial charge in [-0.25, -0.2) is 4.39 Å². The molecule has 0 aliphatic rings. The molecule has 0 fully saturated rings. The lowest BCUT2D eigenvalue weighted by molar-refractivity contribution is -0.137. The highest BCUT2D eigenvalue weighted by Gasteiger charge is 2.24. The van der Waals surface area contributed by atoms with E-state index in [9.17, 15) is 23.5 Å². The molecule has 3 aromatic rings. The van der Waals surface area contributed by atoms with E-state index in [4.69, 9.17) is 4.74 Å². The van der Waals surface area contributed by atoms with Gasteiger partial charge in [-0.2, -0.15) is 9.78 Å². The molecule has 3 rings (SSSR count). The van der Waals surface area contributed by atoms with Gasteiger partial charge in [0.1, 0.15) is 11.5 Å². The van der Waals surface area contributed by atoms with Gasteiger partial charge in [0.15, 0.2) is 5.69 Å². The number of nitrogens with zero attached hydrogens (tertiary/aromatic N) is 2. The maximum atomic E-state index is 14.3. The van der Waals surface area contributed by atoms with Crippen molar-refractivity contribution in [1.82, 2.24) is 15.1 Å². The molecule has 0 aliphatic heterocycles. The van der Waals surface area contributed by atoms with Crippen LogP contribution in [0.3, 0.4) is 0 Å². The largest absolute Gasteiger partial charge is 0.481 e. The minimum Gasteiger partial charge on any atom is -0.481 e. The number of para-hydroxylation sites is 1. The lowest BCUT2D eigenvalue weighted by Gasteiger charge is -2.18. The molecule has 2 N–H and O–H groups in total. The Morgan fingerprint density at radius 2 is 1.91 bits per heavy atom. The number of carboxylic acids is 1. The zero-order valence-electron chi connectivity index (χ0n) is 17.4. The molecule has 0 unspecified atom stereocenters. The highest BCUT2D eigenvalue weighted by atomic mass is 19.1. The Hall–Kier alpha value is -3.75. The summed E-state index contributed by atoms with van der Waals surface area (Å²) in [6.07, 6.45) is -0.206. The summed E-state index contributed by atoms with van der Waals surface area (Å²) in [4.78, 5) is 24.3. The van der Waals surface area contributed by atoms with Crippen molar-refractivity contribution >= 4 is 11.9 Å². The van der Waals surface area contributed by atoms with Crippen molar-refractivity contribution in [1.29, 1.82) is 0 Å². The minimum absolute atomic E-state index is 0.0164. The van der Waals surface area contributed by atoms with E-state index in [1.165, 1.54) is 24.3 Å². The van der Waals surface area contributed by atoms with Crippen LogP contribution in [0.2, 0.25) is 0 Å². The van der Waals surface area contributed by atoms with Gasteiger partial charge in [0, 0.05) is 12.5 Å². The molecule has 1 atom stereocenters. The first-order valence-corrected chi connectivity index (χ1v) is 10.0. The van der Waals surface area contributed by atoms with Crippen LogP contribution in [-0.2, 0) is 4.79 Å². The first kappa shape index (κ1) is 22.9. The molecule has 0 saturated heterocycles. The molecule has 1 aromatic heterocycles. The van der Waals surface area contributed by atoms with Gasteiger partial charge in [0.25, 0.3) is 5.91 Å². The monoisotopic (exact) mass is 443 g/mol. The van der Waals surface area contributed by atoms with Gasteiger partial charge >= 0.3 is 5.97 Å². The molecule has 0 aliphatic carbocycles. The van der Waals surface area contributed by atoms with Gasteiger partial charge in [-0.15, -0.1) is 0 Å². The van der Waals surface area contributed by atoms with E-state index in [-0.39, 0.29) is 36.7 Å². The third-order valence-electron chi connectivity index (χ3n) is 4.77. The van der Waals surface area contributed by atoms with Crippen molar-refractivity contribution in [2.45, 2.75) is 25.8 Å². The highest BCUT2D eigenvalue weighted by Crippen LogP contribution is 2.24. The molecule has 168 valence electrons. The topological polar surface area (TPSA) is 93.5 Å². The number of nitrogens with one attached hydrogen (secondary N) is 1. The summed E-state index contributed by atoms with van der Waals surface area (Å²) < 4.78 is 33.5. The highest BCUT2D eigenvalue weighted by molar-refractivity contribution is 5.93. The van der Waals surface area contributed by atoms with E-state index in [0.717, 1.165) is 10.2 Å². The number of aliphatic carboxylic acids is 1. The molecular weight excluding hydrogens is 420 g/mol. The van der Waals surface area contributed by atoms with Crippen LogP contribution in [0.1, 0.15) is 40.5 Å². The summed E-state index contributed by atoms with van der Waals surface area (Å²) in [5, 5.41) is 16.2. The van der Waals surface area contributed by atoms with Crippen LogP contribution in [0.15, 0.2) is 54.6 Å². The Labute approximate surface area is 183 Å². The minimum atomic E-state index is -1.08. The number of alkyl halides is 1. The van der Waals surface area contributed by atoms with E-state index in [1.807, 2.05) is 19.1 Å². The second kappa shape index (κ2) is 10.5. The van der Waals surface area contributed by atoms with Gasteiger partial charge in [-0.3, -0.25) is 14.0 Å². The average molecular weight is 443 g/mol. The van der Waals surface area contributed by atoms with Crippen molar-refractivity contribution < 1.29 is 28.2 Å². The number of amides is 1. The summed E-state index contributed by atoms with van der Waals surface area (Å²) in [6, 6.07) is 13.5. The lowest BCUT2D eigenvalue weighted by Crippen LogP contribution is -2.31. The average Bonchev–Trinajstić information content (AvgIpc) is 3.18. The molecule has 0 saturated carbocycles. The van der Waals surface area contributed by atoms with E-state index in [1.54, 1.807) is 18.2 Å². The van der Waals surface area contributed by atoms with Gasteiger partial charge in [-0.05, 0) is 30.2 Å². The number of rotatable bonds is 10. The Morgan fingerprint density at radius 1 is 1.19 bits per heavy atom. The fraction of sp³-hybridized carbons (Fsp3) is 0.261. The zero-order valence-corrected chi connectivity index (χ0v) is 17.4. The number of halogens is 2. The molecule has 0 bridgehead atoms. The summed E-state index contributed by atoms with van der Waals surface area (Å²) >= 11 is 0. The SMILES string of the molecule is Cc1ccccc1[C@H](CC(=O)O)NC(=O)c1cc(OCCCF)n(-c2ccccc2F)n1. The Bertz CT molecular complexity index is 1100. The summed E-state index contributed by atoms with van der Waals surface area (Å²) in [6.45, 7) is 1.25. The fourth-order valence-corrected chi connectivity index (χ4v) is 3.23. The van der Waals surface area contributed by atoms with E-state index in [0.29, 0.717) is 5.56 Å². The second-order valence-corrected chi connectivity index (χ2v) is 7.10. The first-order valence-electron chi connectivity index (χ1n) is 10.0. The van der Waals surface area contributed by atoms with E-state index >= 15 is 0 Å². The Balaban J connectivity index is 1.92. The molecule has 0 radical (unpaired) electrons. The van der Waals surface area contributed by atoms with Gasteiger partial charge in [0.2, 0.25) is 5.88 Å². The summed E-state index contributed by atoms with van der Waals surface area (Å²) in [5.74, 6) is -2.24. The molecule has 1 amide bonds. The molecule has 0 spiro atoms. The van der Waals surface area contributed by atoms with E-state index < -0.39 is 30.4 Å². The number of ether oxygens (including phenoxy) is 1. The van der Waals surface area contributed by atoms with Gasteiger partial charge < -0.3 is 15.2 Å². The normalized spacial score (nSPS) is 11.7. The molecule has 2 aromatic carbocycles. The first-order chi connectivity index (χ1) is 15.4. The number of hydrogen-bond acceptors (Lipinski definition) is 4. The van der Waals surface area contributed by atoms with Gasteiger partial charge in [0.05, 0.1) is 25.7 Å². The van der Waals surface area contributed by atoms with Crippen molar-refractivity contribution in [3.05, 3.63) is 77.2 Å². The number of carbonyl (C=O) groups is 2. The van der Waals surface area contributed by atoms with Crippen molar-refractivity contribution in [2.75, 3.05) is 13.3 Å². The van der Waals surface area contributed by atoms with Crippen LogP contribution >= 0.6 is 0 Å². The van der Waals surface area contributed by atoms with Crippen LogP contribution < -0.4 is 10.1 Å². The van der Waals surface area contributed by atoms with Crippen LogP contribution in [-0.4, -0.2) is 40.0 Å². The molecule has 7 nitrogen and oxygen atoms in total. The molecule has 32 heavy (non-hydrogen) atoms. The fourth-order valence-electron chi connectivity index (χ4n) is 3.23. The van der Waals surface area contributed by atoms with Crippen LogP contribution in [0.4, 0.5) is 8.78 Å².